The maximum atomic E-state index is 11.5. The maximum Gasteiger partial charge on any atom is 0.250 e. The van der Waals surface area contributed by atoms with Crippen LogP contribution in [0, 0.1) is 0 Å². The zero-order chi connectivity index (χ0) is 14.2. The van der Waals surface area contributed by atoms with Crippen LogP contribution in [0.5, 0.6) is 0 Å². The van der Waals surface area contributed by atoms with E-state index in [2.05, 4.69) is 26.6 Å². The second kappa shape index (κ2) is 5.37. The van der Waals surface area contributed by atoms with Gasteiger partial charge in [0.25, 0.3) is 5.91 Å². The highest BCUT2D eigenvalue weighted by Gasteiger charge is 2.40. The fourth-order valence-corrected chi connectivity index (χ4v) is 3.70. The van der Waals surface area contributed by atoms with Gasteiger partial charge in [0.2, 0.25) is 0 Å². The Labute approximate surface area is 127 Å². The van der Waals surface area contributed by atoms with E-state index in [1.807, 2.05) is 12.1 Å². The van der Waals surface area contributed by atoms with Crippen LogP contribution in [-0.4, -0.2) is 24.0 Å². The average molecular weight is 338 g/mol. The van der Waals surface area contributed by atoms with Gasteiger partial charge in [-0.3, -0.25) is 4.79 Å². The van der Waals surface area contributed by atoms with E-state index in [1.165, 1.54) is 19.3 Å². The van der Waals surface area contributed by atoms with Crippen LogP contribution < -0.4 is 16.4 Å². The van der Waals surface area contributed by atoms with Gasteiger partial charge in [-0.25, -0.2) is 0 Å². The maximum absolute atomic E-state index is 11.5. The van der Waals surface area contributed by atoms with E-state index in [0.29, 0.717) is 17.1 Å². The number of halogens is 1. The number of benzene rings is 1. The van der Waals surface area contributed by atoms with Gasteiger partial charge in [-0.1, -0.05) is 15.9 Å². The van der Waals surface area contributed by atoms with E-state index in [-0.39, 0.29) is 5.91 Å². The first-order valence-corrected chi connectivity index (χ1v) is 7.98. The van der Waals surface area contributed by atoms with Gasteiger partial charge in [-0.15, -0.1) is 0 Å². The van der Waals surface area contributed by atoms with E-state index < -0.39 is 0 Å². The number of hydrogen-bond donors (Lipinski definition) is 3. The van der Waals surface area contributed by atoms with Crippen molar-refractivity contribution in [1.29, 1.82) is 0 Å². The molecule has 20 heavy (non-hydrogen) atoms. The van der Waals surface area contributed by atoms with Crippen molar-refractivity contribution >= 4 is 27.5 Å². The Bertz CT molecular complexity index is 528. The van der Waals surface area contributed by atoms with Gasteiger partial charge >= 0.3 is 0 Å². The lowest BCUT2D eigenvalue weighted by Crippen LogP contribution is -2.58. The fourth-order valence-electron chi connectivity index (χ4n) is 3.34. The molecule has 1 amide bonds. The molecule has 1 spiro atoms. The number of carbonyl (C=O) groups is 1. The molecule has 1 saturated heterocycles. The summed E-state index contributed by atoms with van der Waals surface area (Å²) in [4.78, 5) is 11.5. The molecule has 1 unspecified atom stereocenters. The summed E-state index contributed by atoms with van der Waals surface area (Å²) < 4.78 is 0.956. The molecule has 3 rings (SSSR count). The first-order valence-electron chi connectivity index (χ1n) is 7.19. The lowest BCUT2D eigenvalue weighted by Gasteiger charge is -2.48. The molecule has 0 radical (unpaired) electrons. The van der Waals surface area contributed by atoms with Gasteiger partial charge in [-0.05, 0) is 56.8 Å². The van der Waals surface area contributed by atoms with Crippen molar-refractivity contribution in [3.8, 4) is 0 Å². The third-order valence-electron chi connectivity index (χ3n) is 4.55. The molecule has 2 aliphatic rings. The van der Waals surface area contributed by atoms with Crippen LogP contribution in [0.1, 0.15) is 42.5 Å². The molecule has 1 aromatic carbocycles. The molecule has 108 valence electrons. The second-order valence-electron chi connectivity index (χ2n) is 5.95. The third-order valence-corrected chi connectivity index (χ3v) is 5.04. The van der Waals surface area contributed by atoms with Crippen LogP contribution in [0.4, 0.5) is 5.69 Å². The number of rotatable bonds is 3. The summed E-state index contributed by atoms with van der Waals surface area (Å²) in [6.45, 7) is 1.04. The number of nitrogens with two attached hydrogens (primary N) is 1. The minimum absolute atomic E-state index is 0.342. The van der Waals surface area contributed by atoms with Crippen molar-refractivity contribution in [3.63, 3.8) is 0 Å². The Morgan fingerprint density at radius 1 is 1.45 bits per heavy atom. The lowest BCUT2D eigenvalue weighted by atomic mass is 9.70. The molecule has 1 aromatic rings. The zero-order valence-corrected chi connectivity index (χ0v) is 13.0. The SMILES string of the molecule is NC(=O)c1ccc(Br)cc1NC1CCNC2(CCC2)C1. The van der Waals surface area contributed by atoms with Crippen LogP contribution in [0.2, 0.25) is 0 Å². The summed E-state index contributed by atoms with van der Waals surface area (Å²) in [5, 5.41) is 7.18. The van der Waals surface area contributed by atoms with E-state index in [0.717, 1.165) is 29.5 Å². The molecule has 1 heterocycles. The van der Waals surface area contributed by atoms with E-state index in [9.17, 15) is 4.79 Å². The van der Waals surface area contributed by atoms with Crippen LogP contribution in [0.25, 0.3) is 0 Å². The van der Waals surface area contributed by atoms with Crippen LogP contribution in [0.15, 0.2) is 22.7 Å². The number of amides is 1. The average Bonchev–Trinajstić information content (AvgIpc) is 2.37. The van der Waals surface area contributed by atoms with Gasteiger partial charge in [0.15, 0.2) is 0 Å². The molecule has 0 bridgehead atoms. The van der Waals surface area contributed by atoms with Gasteiger partial charge in [0, 0.05) is 21.7 Å². The minimum atomic E-state index is -0.382. The minimum Gasteiger partial charge on any atom is -0.382 e. The van der Waals surface area contributed by atoms with Crippen molar-refractivity contribution in [1.82, 2.24) is 5.32 Å². The number of primary amides is 1. The highest BCUT2D eigenvalue weighted by molar-refractivity contribution is 9.10. The summed E-state index contributed by atoms with van der Waals surface area (Å²) in [7, 11) is 0. The Kier molecular flexibility index (Phi) is 3.73. The van der Waals surface area contributed by atoms with Crippen molar-refractivity contribution < 1.29 is 4.79 Å². The molecular weight excluding hydrogens is 318 g/mol. The van der Waals surface area contributed by atoms with Gasteiger partial charge < -0.3 is 16.4 Å². The molecule has 1 aliphatic carbocycles. The van der Waals surface area contributed by atoms with Crippen molar-refractivity contribution in [2.45, 2.75) is 43.7 Å². The molecule has 1 atom stereocenters. The number of carbonyl (C=O) groups excluding carboxylic acids is 1. The molecule has 5 heteroatoms. The highest BCUT2D eigenvalue weighted by Crippen LogP contribution is 2.39. The van der Waals surface area contributed by atoms with Gasteiger partial charge in [0.05, 0.1) is 5.56 Å². The van der Waals surface area contributed by atoms with Crippen molar-refractivity contribution in [2.24, 2.45) is 5.73 Å². The Balaban J connectivity index is 1.76. The van der Waals surface area contributed by atoms with Crippen molar-refractivity contribution in [2.75, 3.05) is 11.9 Å². The number of piperidine rings is 1. The normalized spacial score (nSPS) is 24.1. The molecule has 0 aromatic heterocycles. The first-order chi connectivity index (χ1) is 9.58. The van der Waals surface area contributed by atoms with E-state index >= 15 is 0 Å². The Morgan fingerprint density at radius 2 is 2.25 bits per heavy atom. The van der Waals surface area contributed by atoms with Gasteiger partial charge in [-0.2, -0.15) is 0 Å². The molecule has 4 nitrogen and oxygen atoms in total. The standard InChI is InChI=1S/C15H20BrN3O/c16-10-2-3-12(14(17)20)13(8-10)19-11-4-7-18-15(9-11)5-1-6-15/h2-3,8,11,18-19H,1,4-7,9H2,(H2,17,20). The first kappa shape index (κ1) is 13.9. The number of hydrogen-bond acceptors (Lipinski definition) is 3. The summed E-state index contributed by atoms with van der Waals surface area (Å²) in [6, 6.07) is 5.97. The number of anilines is 1. The van der Waals surface area contributed by atoms with Gasteiger partial charge in [0.1, 0.15) is 0 Å². The lowest BCUT2D eigenvalue weighted by molar-refractivity contribution is 0.100. The van der Waals surface area contributed by atoms with E-state index in [1.54, 1.807) is 6.07 Å². The monoisotopic (exact) mass is 337 g/mol. The molecule has 4 N–H and O–H groups in total. The van der Waals surface area contributed by atoms with Crippen LogP contribution in [0.3, 0.4) is 0 Å². The molecule has 1 aliphatic heterocycles. The summed E-state index contributed by atoms with van der Waals surface area (Å²) >= 11 is 3.45. The Morgan fingerprint density at radius 3 is 2.90 bits per heavy atom. The highest BCUT2D eigenvalue weighted by atomic mass is 79.9. The summed E-state index contributed by atoms with van der Waals surface area (Å²) in [5.41, 5.74) is 7.20. The largest absolute Gasteiger partial charge is 0.382 e. The summed E-state index contributed by atoms with van der Waals surface area (Å²) in [6.07, 6.45) is 6.06. The Hall–Kier alpha value is -1.07. The topological polar surface area (TPSA) is 67.2 Å². The summed E-state index contributed by atoms with van der Waals surface area (Å²) in [5.74, 6) is -0.382. The quantitative estimate of drug-likeness (QED) is 0.794. The van der Waals surface area contributed by atoms with Crippen LogP contribution in [-0.2, 0) is 0 Å². The van der Waals surface area contributed by atoms with E-state index in [4.69, 9.17) is 5.73 Å². The molecule has 1 saturated carbocycles. The third kappa shape index (κ3) is 2.69. The predicted molar refractivity (Wildman–Crippen MR) is 83.9 cm³/mol. The second-order valence-corrected chi connectivity index (χ2v) is 6.86. The zero-order valence-electron chi connectivity index (χ0n) is 11.4. The fraction of sp³-hybridized carbons (Fsp3) is 0.533. The smallest absolute Gasteiger partial charge is 0.250 e. The molecular formula is C15H20BrN3O. The predicted octanol–water partition coefficient (Wildman–Crippen LogP) is 2.63. The molecule has 2 fully saturated rings. The van der Waals surface area contributed by atoms with Crippen LogP contribution >= 0.6 is 15.9 Å². The number of nitrogens with one attached hydrogen (secondary N) is 2. The van der Waals surface area contributed by atoms with Crippen molar-refractivity contribution in [3.05, 3.63) is 28.2 Å².